The molecule has 0 aliphatic carbocycles. The summed E-state index contributed by atoms with van der Waals surface area (Å²) in [6, 6.07) is 0. The van der Waals surface area contributed by atoms with E-state index in [9.17, 15) is 0 Å². The lowest BCUT2D eigenvalue weighted by atomic mass is 10.2. The van der Waals surface area contributed by atoms with Crippen LogP contribution < -0.4 is 11.1 Å². The summed E-state index contributed by atoms with van der Waals surface area (Å²) in [6.07, 6.45) is 8.80. The number of aromatic nitrogens is 3. The molecule has 0 atom stereocenters. The quantitative estimate of drug-likeness (QED) is 0.156. The number of nitrogens with one attached hydrogen (secondary N) is 1. The molecule has 1 heterocycles. The van der Waals surface area contributed by atoms with E-state index in [1.54, 1.807) is 11.8 Å². The van der Waals surface area contributed by atoms with E-state index in [1.807, 2.05) is 6.26 Å². The van der Waals surface area contributed by atoms with Gasteiger partial charge in [-0.1, -0.05) is 51.8 Å². The number of unbranched alkanes of at least 4 members (excludes halogenated alkanes) is 3. The van der Waals surface area contributed by atoms with Gasteiger partial charge in [-0.2, -0.15) is 0 Å². The second kappa shape index (κ2) is 14.6. The Balaban J connectivity index is 0.00000576. The van der Waals surface area contributed by atoms with E-state index in [1.165, 1.54) is 19.3 Å². The summed E-state index contributed by atoms with van der Waals surface area (Å²) >= 11 is 1.65. The molecule has 0 aliphatic rings. The predicted octanol–water partition coefficient (Wildman–Crippen LogP) is 3.69. The van der Waals surface area contributed by atoms with Crippen LogP contribution in [0, 0.1) is 5.92 Å². The van der Waals surface area contributed by atoms with Gasteiger partial charge in [0.2, 0.25) is 0 Å². The fourth-order valence-electron chi connectivity index (χ4n) is 2.46. The molecule has 0 radical (unpaired) electrons. The van der Waals surface area contributed by atoms with Gasteiger partial charge in [0.1, 0.15) is 5.82 Å². The van der Waals surface area contributed by atoms with Crippen molar-refractivity contribution in [1.82, 2.24) is 20.1 Å². The smallest absolute Gasteiger partial charge is 0.190 e. The van der Waals surface area contributed by atoms with E-state index in [0.29, 0.717) is 11.9 Å². The molecular weight excluding hydrogens is 447 g/mol. The molecule has 0 aromatic carbocycles. The van der Waals surface area contributed by atoms with Crippen molar-refractivity contribution in [2.24, 2.45) is 16.6 Å². The van der Waals surface area contributed by atoms with E-state index < -0.39 is 0 Å². The topological polar surface area (TPSA) is 81.1 Å². The second-order valence-electron chi connectivity index (χ2n) is 6.47. The number of thioether (sulfide) groups is 1. The van der Waals surface area contributed by atoms with Crippen molar-refractivity contribution >= 4 is 41.7 Å². The summed E-state index contributed by atoms with van der Waals surface area (Å²) in [4.78, 5) is 4.40. The molecule has 0 saturated carbocycles. The minimum absolute atomic E-state index is 0. The molecule has 1 aromatic heterocycles. The maximum atomic E-state index is 5.89. The summed E-state index contributed by atoms with van der Waals surface area (Å²) in [7, 11) is 0. The molecular formula is C17H35IN6S. The molecule has 0 amide bonds. The molecule has 0 unspecified atom stereocenters. The number of halogens is 1. The Morgan fingerprint density at radius 2 is 2.00 bits per heavy atom. The lowest BCUT2D eigenvalue weighted by Gasteiger charge is -2.11. The van der Waals surface area contributed by atoms with Crippen LogP contribution in [-0.2, 0) is 13.0 Å². The van der Waals surface area contributed by atoms with Gasteiger partial charge in [-0.25, -0.2) is 0 Å². The highest BCUT2D eigenvalue weighted by Gasteiger charge is 2.12. The molecule has 1 aromatic rings. The summed E-state index contributed by atoms with van der Waals surface area (Å²) < 4.78 is 2.23. The van der Waals surface area contributed by atoms with Crippen LogP contribution in [0.25, 0.3) is 0 Å². The summed E-state index contributed by atoms with van der Waals surface area (Å²) in [6.45, 7) is 9.23. The maximum Gasteiger partial charge on any atom is 0.190 e. The summed E-state index contributed by atoms with van der Waals surface area (Å²) in [5.41, 5.74) is 5.89. The van der Waals surface area contributed by atoms with E-state index in [4.69, 9.17) is 5.73 Å². The Morgan fingerprint density at radius 1 is 1.24 bits per heavy atom. The first-order valence-corrected chi connectivity index (χ1v) is 10.3. The van der Waals surface area contributed by atoms with E-state index in [-0.39, 0.29) is 24.0 Å². The average molecular weight is 482 g/mol. The van der Waals surface area contributed by atoms with Crippen LogP contribution in [0.1, 0.15) is 58.7 Å². The van der Waals surface area contributed by atoms with Crippen LogP contribution in [-0.4, -0.2) is 40.1 Å². The highest BCUT2D eigenvalue weighted by atomic mass is 127. The minimum atomic E-state index is 0. The first-order chi connectivity index (χ1) is 11.6. The number of rotatable bonds is 12. The standard InChI is InChI=1S/C17H34N6S.HI/c1-5-6-7-8-11-19-16(18)20-12-9-10-15-21-22-17(24-4)23(15)13-14(2)3;/h14H,5-13H2,1-4H3,(H3,18,19,20);1H. The number of guanidine groups is 1. The predicted molar refractivity (Wildman–Crippen MR) is 119 cm³/mol. The number of nitrogens with zero attached hydrogens (tertiary/aromatic N) is 4. The first-order valence-electron chi connectivity index (χ1n) is 9.08. The van der Waals surface area contributed by atoms with Crippen LogP contribution >= 0.6 is 35.7 Å². The molecule has 1 rings (SSSR count). The van der Waals surface area contributed by atoms with Gasteiger partial charge in [0.15, 0.2) is 11.1 Å². The zero-order valence-electron chi connectivity index (χ0n) is 16.1. The van der Waals surface area contributed by atoms with Gasteiger partial charge in [-0.15, -0.1) is 34.2 Å². The van der Waals surface area contributed by atoms with Crippen molar-refractivity contribution in [3.63, 3.8) is 0 Å². The molecule has 3 N–H and O–H groups in total. The van der Waals surface area contributed by atoms with E-state index >= 15 is 0 Å². The number of hydrogen-bond donors (Lipinski definition) is 2. The highest BCUT2D eigenvalue weighted by Crippen LogP contribution is 2.16. The van der Waals surface area contributed by atoms with Gasteiger partial charge in [0, 0.05) is 26.1 Å². The Kier molecular flexibility index (Phi) is 14.3. The Labute approximate surface area is 174 Å². The largest absolute Gasteiger partial charge is 0.370 e. The second-order valence-corrected chi connectivity index (χ2v) is 7.24. The molecule has 0 aliphatic heterocycles. The van der Waals surface area contributed by atoms with E-state index in [0.717, 1.165) is 49.9 Å². The Morgan fingerprint density at radius 3 is 2.64 bits per heavy atom. The highest BCUT2D eigenvalue weighted by molar-refractivity contribution is 14.0. The van der Waals surface area contributed by atoms with Gasteiger partial charge in [0.05, 0.1) is 0 Å². The van der Waals surface area contributed by atoms with Crippen LogP contribution in [0.3, 0.4) is 0 Å². The lowest BCUT2D eigenvalue weighted by molar-refractivity contribution is 0.477. The molecule has 25 heavy (non-hydrogen) atoms. The van der Waals surface area contributed by atoms with Crippen LogP contribution in [0.4, 0.5) is 0 Å². The van der Waals surface area contributed by atoms with Crippen LogP contribution in [0.5, 0.6) is 0 Å². The van der Waals surface area contributed by atoms with Gasteiger partial charge >= 0.3 is 0 Å². The molecule has 0 spiro atoms. The summed E-state index contributed by atoms with van der Waals surface area (Å²) in [5.74, 6) is 2.19. The molecule has 0 fully saturated rings. The first kappa shape index (κ1) is 24.5. The summed E-state index contributed by atoms with van der Waals surface area (Å²) in [5, 5.41) is 12.8. The fraction of sp³-hybridized carbons (Fsp3) is 0.824. The van der Waals surface area contributed by atoms with Gasteiger partial charge < -0.3 is 15.6 Å². The number of nitrogens with two attached hydrogens (primary N) is 1. The molecule has 0 bridgehead atoms. The molecule has 8 heteroatoms. The van der Waals surface area contributed by atoms with Crippen molar-refractivity contribution in [2.45, 2.75) is 71.0 Å². The number of aryl methyl sites for hydroxylation is 1. The van der Waals surface area contributed by atoms with Crippen molar-refractivity contribution < 1.29 is 0 Å². The zero-order valence-corrected chi connectivity index (χ0v) is 19.3. The lowest BCUT2D eigenvalue weighted by Crippen LogP contribution is -2.32. The van der Waals surface area contributed by atoms with Crippen molar-refractivity contribution in [3.05, 3.63) is 5.82 Å². The minimum Gasteiger partial charge on any atom is -0.370 e. The van der Waals surface area contributed by atoms with Crippen molar-refractivity contribution in [3.8, 4) is 0 Å². The normalized spacial score (nSPS) is 11.6. The van der Waals surface area contributed by atoms with Gasteiger partial charge in [0.25, 0.3) is 0 Å². The monoisotopic (exact) mass is 482 g/mol. The third-order valence-corrected chi connectivity index (χ3v) is 4.37. The molecule has 6 nitrogen and oxygen atoms in total. The maximum absolute atomic E-state index is 5.89. The van der Waals surface area contributed by atoms with Gasteiger partial charge in [-0.05, 0) is 25.0 Å². The van der Waals surface area contributed by atoms with Crippen molar-refractivity contribution in [2.75, 3.05) is 19.3 Å². The van der Waals surface area contributed by atoms with Crippen LogP contribution in [0.15, 0.2) is 10.1 Å². The van der Waals surface area contributed by atoms with Crippen molar-refractivity contribution in [1.29, 1.82) is 0 Å². The van der Waals surface area contributed by atoms with E-state index in [2.05, 4.69) is 45.8 Å². The number of hydrogen-bond acceptors (Lipinski definition) is 4. The van der Waals surface area contributed by atoms with Crippen LogP contribution in [0.2, 0.25) is 0 Å². The fourth-order valence-corrected chi connectivity index (χ4v) is 2.99. The third kappa shape index (κ3) is 10.3. The molecule has 146 valence electrons. The zero-order chi connectivity index (χ0) is 17.8. The Hall–Kier alpha value is -0.510. The third-order valence-electron chi connectivity index (χ3n) is 3.70. The Bertz CT molecular complexity index is 489. The average Bonchev–Trinajstić information content (AvgIpc) is 2.92. The van der Waals surface area contributed by atoms with Gasteiger partial charge in [-0.3, -0.25) is 4.99 Å². The number of aliphatic imine (C=N–C) groups is 1. The molecule has 0 saturated heterocycles. The SMILES string of the molecule is CCCCCCNC(N)=NCCCc1nnc(SC)n1CC(C)C.I.